The molecule has 2 N–H and O–H groups in total. The predicted octanol–water partition coefficient (Wildman–Crippen LogP) is 3.02. The van der Waals surface area contributed by atoms with Gasteiger partial charge in [0.05, 0.1) is 11.9 Å². The molecule has 0 spiro atoms. The van der Waals surface area contributed by atoms with Gasteiger partial charge in [-0.3, -0.25) is 4.79 Å². The molecule has 0 bridgehead atoms. The third kappa shape index (κ3) is 5.81. The van der Waals surface area contributed by atoms with Crippen LogP contribution in [-0.4, -0.2) is 41.6 Å². The molecule has 0 saturated carbocycles. The van der Waals surface area contributed by atoms with Crippen molar-refractivity contribution in [2.75, 3.05) is 30.9 Å². The number of hydrogen-bond acceptors (Lipinski definition) is 7. The van der Waals surface area contributed by atoms with E-state index in [-0.39, 0.29) is 11.2 Å². The van der Waals surface area contributed by atoms with Crippen LogP contribution >= 0.6 is 23.1 Å². The van der Waals surface area contributed by atoms with Crippen molar-refractivity contribution in [3.63, 3.8) is 0 Å². The Morgan fingerprint density at radius 3 is 2.78 bits per heavy atom. The number of anilines is 2. The van der Waals surface area contributed by atoms with E-state index in [1.165, 1.54) is 23.1 Å². The van der Waals surface area contributed by atoms with E-state index in [0.29, 0.717) is 13.2 Å². The lowest BCUT2D eigenvalue weighted by Crippen LogP contribution is -2.22. The predicted molar refractivity (Wildman–Crippen MR) is 95.4 cm³/mol. The number of carbonyl (C=O) groups is 1. The Balaban J connectivity index is 1.84. The Labute approximate surface area is 144 Å². The molecule has 8 heteroatoms. The maximum atomic E-state index is 12.2. The lowest BCUT2D eigenvalue weighted by atomic mass is 10.2. The van der Waals surface area contributed by atoms with Crippen LogP contribution in [0.15, 0.2) is 28.6 Å². The van der Waals surface area contributed by atoms with Gasteiger partial charge >= 0.3 is 0 Å². The van der Waals surface area contributed by atoms with E-state index in [2.05, 4.69) is 20.8 Å². The highest BCUT2D eigenvalue weighted by molar-refractivity contribution is 8.02. The summed E-state index contributed by atoms with van der Waals surface area (Å²) in [5.41, 5.74) is 1.96. The van der Waals surface area contributed by atoms with Crippen LogP contribution in [0.2, 0.25) is 0 Å². The lowest BCUT2D eigenvalue weighted by Gasteiger charge is -2.10. The molecule has 0 aliphatic rings. The Morgan fingerprint density at radius 1 is 1.35 bits per heavy atom. The van der Waals surface area contributed by atoms with Crippen LogP contribution in [0.4, 0.5) is 10.8 Å². The van der Waals surface area contributed by atoms with Crippen molar-refractivity contribution in [1.82, 2.24) is 10.2 Å². The molecule has 2 rings (SSSR count). The second-order valence-corrected chi connectivity index (χ2v) is 7.47. The average molecular weight is 352 g/mol. The molecule has 23 heavy (non-hydrogen) atoms. The summed E-state index contributed by atoms with van der Waals surface area (Å²) < 4.78 is 5.73. The minimum absolute atomic E-state index is 0.0528. The largest absolute Gasteiger partial charge is 0.383 e. The average Bonchev–Trinajstić information content (AvgIpc) is 2.97. The molecule has 1 aromatic carbocycles. The van der Waals surface area contributed by atoms with Gasteiger partial charge in [0, 0.05) is 19.3 Å². The van der Waals surface area contributed by atoms with Gasteiger partial charge in [-0.05, 0) is 26.0 Å². The Hall–Kier alpha value is -1.64. The summed E-state index contributed by atoms with van der Waals surface area (Å²) in [6.45, 7) is 5.15. The fraction of sp³-hybridized carbons (Fsp3) is 0.400. The van der Waals surface area contributed by atoms with E-state index in [1.54, 1.807) is 7.11 Å². The van der Waals surface area contributed by atoms with Crippen molar-refractivity contribution < 1.29 is 9.53 Å². The maximum absolute atomic E-state index is 12.2. The second-order valence-electron chi connectivity index (χ2n) is 4.91. The first kappa shape index (κ1) is 17.7. The van der Waals surface area contributed by atoms with Crippen molar-refractivity contribution in [1.29, 1.82) is 0 Å². The number of rotatable bonds is 8. The van der Waals surface area contributed by atoms with Gasteiger partial charge in [-0.2, -0.15) is 0 Å². The number of amides is 1. The van der Waals surface area contributed by atoms with Crippen LogP contribution in [0.1, 0.15) is 12.5 Å². The lowest BCUT2D eigenvalue weighted by molar-refractivity contribution is -0.115. The number of nitrogens with one attached hydrogen (secondary N) is 2. The van der Waals surface area contributed by atoms with Gasteiger partial charge in [-0.15, -0.1) is 10.2 Å². The zero-order valence-electron chi connectivity index (χ0n) is 13.3. The number of hydrogen-bond donors (Lipinski definition) is 2. The summed E-state index contributed by atoms with van der Waals surface area (Å²) in [6, 6.07) is 7.73. The summed E-state index contributed by atoms with van der Waals surface area (Å²) in [7, 11) is 1.65. The van der Waals surface area contributed by atoms with Crippen LogP contribution in [0.5, 0.6) is 0 Å². The van der Waals surface area contributed by atoms with Gasteiger partial charge in [0.1, 0.15) is 0 Å². The van der Waals surface area contributed by atoms with E-state index in [9.17, 15) is 4.79 Å². The number of carbonyl (C=O) groups excluding carboxylic acids is 1. The highest BCUT2D eigenvalue weighted by Crippen LogP contribution is 2.29. The molecule has 0 fully saturated rings. The molecule has 1 aromatic heterocycles. The number of aromatic nitrogens is 2. The molecule has 0 unspecified atom stereocenters. The first-order valence-corrected chi connectivity index (χ1v) is 8.88. The fourth-order valence-electron chi connectivity index (χ4n) is 1.67. The number of aryl methyl sites for hydroxylation is 1. The molecule has 0 aliphatic heterocycles. The van der Waals surface area contributed by atoms with Gasteiger partial charge < -0.3 is 15.4 Å². The third-order valence-corrected chi connectivity index (χ3v) is 5.02. The SMILES string of the molecule is COCCNc1nnc(S[C@H](C)C(=O)Nc2ccc(C)cc2)s1. The summed E-state index contributed by atoms with van der Waals surface area (Å²) in [5.74, 6) is -0.0528. The van der Waals surface area contributed by atoms with Gasteiger partial charge in [0.15, 0.2) is 4.34 Å². The van der Waals surface area contributed by atoms with E-state index in [1.807, 2.05) is 38.1 Å². The van der Waals surface area contributed by atoms with Crippen LogP contribution in [0.25, 0.3) is 0 Å². The van der Waals surface area contributed by atoms with Crippen LogP contribution in [-0.2, 0) is 9.53 Å². The summed E-state index contributed by atoms with van der Waals surface area (Å²) >= 11 is 2.83. The number of ether oxygens (including phenoxy) is 1. The highest BCUT2D eigenvalue weighted by atomic mass is 32.2. The number of nitrogens with zero attached hydrogens (tertiary/aromatic N) is 2. The van der Waals surface area contributed by atoms with Crippen LogP contribution in [0, 0.1) is 6.92 Å². The molecule has 0 radical (unpaired) electrons. The minimum atomic E-state index is -0.254. The van der Waals surface area contributed by atoms with Crippen molar-refractivity contribution in [2.45, 2.75) is 23.4 Å². The van der Waals surface area contributed by atoms with Crippen molar-refractivity contribution >= 4 is 39.8 Å². The Kier molecular flexibility index (Phi) is 6.82. The monoisotopic (exact) mass is 352 g/mol. The van der Waals surface area contributed by atoms with Crippen molar-refractivity contribution in [3.8, 4) is 0 Å². The minimum Gasteiger partial charge on any atom is -0.383 e. The van der Waals surface area contributed by atoms with Crippen LogP contribution in [0.3, 0.4) is 0 Å². The van der Waals surface area contributed by atoms with Gasteiger partial charge in [-0.1, -0.05) is 40.8 Å². The third-order valence-electron chi connectivity index (χ3n) is 2.95. The number of thioether (sulfide) groups is 1. The maximum Gasteiger partial charge on any atom is 0.237 e. The Bertz CT molecular complexity index is 631. The molecular formula is C15H20N4O2S2. The topological polar surface area (TPSA) is 76.1 Å². The fourth-order valence-corrected chi connectivity index (χ4v) is 3.60. The molecule has 1 amide bonds. The van der Waals surface area contributed by atoms with E-state index >= 15 is 0 Å². The van der Waals surface area contributed by atoms with Gasteiger partial charge in [0.25, 0.3) is 0 Å². The molecule has 6 nitrogen and oxygen atoms in total. The summed E-state index contributed by atoms with van der Waals surface area (Å²) in [5, 5.41) is 14.6. The zero-order chi connectivity index (χ0) is 16.7. The highest BCUT2D eigenvalue weighted by Gasteiger charge is 2.17. The van der Waals surface area contributed by atoms with Crippen molar-refractivity contribution in [3.05, 3.63) is 29.8 Å². The molecule has 0 saturated heterocycles. The summed E-state index contributed by atoms with van der Waals surface area (Å²) in [6.07, 6.45) is 0. The standard InChI is InChI=1S/C15H20N4O2S2/c1-10-4-6-12(7-5-10)17-13(20)11(2)22-15-19-18-14(23-15)16-8-9-21-3/h4-7,11H,8-9H2,1-3H3,(H,16,18)(H,17,20)/t11-/m1/s1. The Morgan fingerprint density at radius 2 is 2.09 bits per heavy atom. The zero-order valence-corrected chi connectivity index (χ0v) is 15.0. The molecule has 1 heterocycles. The van der Waals surface area contributed by atoms with E-state index in [0.717, 1.165) is 20.7 Å². The summed E-state index contributed by atoms with van der Waals surface area (Å²) in [4.78, 5) is 12.2. The number of benzene rings is 1. The first-order chi connectivity index (χ1) is 11.1. The number of methoxy groups -OCH3 is 1. The van der Waals surface area contributed by atoms with Gasteiger partial charge in [-0.25, -0.2) is 0 Å². The van der Waals surface area contributed by atoms with Gasteiger partial charge in [0.2, 0.25) is 11.0 Å². The molecule has 124 valence electrons. The quantitative estimate of drug-likeness (QED) is 0.562. The normalized spacial score (nSPS) is 12.0. The molecule has 1 atom stereocenters. The van der Waals surface area contributed by atoms with Crippen LogP contribution < -0.4 is 10.6 Å². The van der Waals surface area contributed by atoms with E-state index in [4.69, 9.17) is 4.74 Å². The molecule has 2 aromatic rings. The second kappa shape index (κ2) is 8.85. The van der Waals surface area contributed by atoms with E-state index < -0.39 is 0 Å². The molecule has 0 aliphatic carbocycles. The molecular weight excluding hydrogens is 332 g/mol. The first-order valence-electron chi connectivity index (χ1n) is 7.19. The smallest absolute Gasteiger partial charge is 0.237 e. The van der Waals surface area contributed by atoms with Crippen molar-refractivity contribution in [2.24, 2.45) is 0 Å².